The first-order chi connectivity index (χ1) is 17.0. The van der Waals surface area contributed by atoms with Gasteiger partial charge in [0.1, 0.15) is 29.7 Å². The van der Waals surface area contributed by atoms with Gasteiger partial charge in [-0.15, -0.1) is 0 Å². The lowest BCUT2D eigenvalue weighted by molar-refractivity contribution is 0.306. The van der Waals surface area contributed by atoms with Crippen molar-refractivity contribution >= 4 is 22.5 Å². The number of benzene rings is 3. The highest BCUT2D eigenvalue weighted by atomic mass is 35.5. The number of ether oxygens (including phenoxy) is 1. The number of hydrogen-bond acceptors (Lipinski definition) is 5. The van der Waals surface area contributed by atoms with Crippen molar-refractivity contribution in [2.45, 2.75) is 12.1 Å². The summed E-state index contributed by atoms with van der Waals surface area (Å²) < 4.78 is 8.08. The van der Waals surface area contributed by atoms with Crippen LogP contribution >= 0.6 is 11.6 Å². The van der Waals surface area contributed by atoms with Crippen molar-refractivity contribution in [1.29, 1.82) is 5.26 Å². The van der Waals surface area contributed by atoms with Crippen LogP contribution < -0.4 is 10.5 Å². The fourth-order valence-electron chi connectivity index (χ4n) is 4.81. The Balaban J connectivity index is 1.74. The van der Waals surface area contributed by atoms with Crippen molar-refractivity contribution in [1.82, 2.24) is 14.5 Å². The molecule has 0 fully saturated rings. The number of aryl methyl sites for hydroxylation is 1. The summed E-state index contributed by atoms with van der Waals surface area (Å²) in [5, 5.41) is 11.1. The molecule has 2 aromatic heterocycles. The smallest absolute Gasteiger partial charge is 0.141 e. The Morgan fingerprint density at radius 2 is 1.91 bits per heavy atom. The summed E-state index contributed by atoms with van der Waals surface area (Å²) >= 11 is 6.57. The van der Waals surface area contributed by atoms with E-state index in [1.54, 1.807) is 12.5 Å². The first-order valence-corrected chi connectivity index (χ1v) is 11.5. The van der Waals surface area contributed by atoms with Crippen LogP contribution in [0.5, 0.6) is 5.75 Å². The number of rotatable bonds is 1. The minimum absolute atomic E-state index is 0.282. The third kappa shape index (κ3) is 3.36. The lowest BCUT2D eigenvalue weighted by Gasteiger charge is -2.32. The molecule has 0 amide bonds. The van der Waals surface area contributed by atoms with Crippen LogP contribution in [0.15, 0.2) is 79.3 Å². The average Bonchev–Trinajstić information content (AvgIpc) is 3.32. The van der Waals surface area contributed by atoms with Gasteiger partial charge < -0.3 is 15.0 Å². The SMILES string of the molecule is Cn1cncc1[C@@]1(N)c2ccc(Cl)c(c2)COc2cccc(c2)-c2cc(C#N)nc3ccc1cc23. The van der Waals surface area contributed by atoms with E-state index in [1.165, 1.54) is 0 Å². The maximum absolute atomic E-state index is 9.62. The molecule has 2 N–H and O–H groups in total. The Morgan fingerprint density at radius 1 is 1.09 bits per heavy atom. The molecule has 6 rings (SSSR count). The molecule has 0 spiro atoms. The van der Waals surface area contributed by atoms with Gasteiger partial charge in [0.2, 0.25) is 0 Å². The van der Waals surface area contributed by atoms with Crippen molar-refractivity contribution in [2.24, 2.45) is 12.8 Å². The molecule has 0 unspecified atom stereocenters. The van der Waals surface area contributed by atoms with E-state index < -0.39 is 5.54 Å². The maximum Gasteiger partial charge on any atom is 0.141 e. The van der Waals surface area contributed by atoms with Gasteiger partial charge in [0.25, 0.3) is 0 Å². The van der Waals surface area contributed by atoms with Crippen LogP contribution in [-0.4, -0.2) is 14.5 Å². The van der Waals surface area contributed by atoms with Crippen LogP contribution in [0, 0.1) is 11.3 Å². The first kappa shape index (κ1) is 21.4. The highest BCUT2D eigenvalue weighted by molar-refractivity contribution is 6.31. The van der Waals surface area contributed by atoms with Crippen LogP contribution in [-0.2, 0) is 19.2 Å². The number of hydrogen-bond donors (Lipinski definition) is 1. The largest absolute Gasteiger partial charge is 0.489 e. The average molecular weight is 478 g/mol. The van der Waals surface area contributed by atoms with E-state index in [4.69, 9.17) is 22.1 Å². The van der Waals surface area contributed by atoms with E-state index in [2.05, 4.69) is 22.1 Å². The molecule has 1 aliphatic heterocycles. The fourth-order valence-corrected chi connectivity index (χ4v) is 4.98. The number of fused-ring (bicyclic) bond motifs is 6. The van der Waals surface area contributed by atoms with E-state index >= 15 is 0 Å². The second kappa shape index (κ2) is 7.95. The molecule has 0 saturated carbocycles. The number of halogens is 1. The first-order valence-electron chi connectivity index (χ1n) is 11.1. The van der Waals surface area contributed by atoms with Crippen LogP contribution in [0.2, 0.25) is 5.02 Å². The number of imidazole rings is 1. The normalized spacial score (nSPS) is 16.6. The molecule has 6 nitrogen and oxygen atoms in total. The summed E-state index contributed by atoms with van der Waals surface area (Å²) in [4.78, 5) is 8.90. The van der Waals surface area contributed by atoms with Crippen molar-refractivity contribution in [3.05, 3.63) is 112 Å². The third-order valence-corrected chi connectivity index (χ3v) is 7.01. The predicted molar refractivity (Wildman–Crippen MR) is 135 cm³/mol. The molecule has 3 aromatic carbocycles. The Morgan fingerprint density at radius 3 is 2.71 bits per heavy atom. The zero-order chi connectivity index (χ0) is 24.2. The molecule has 170 valence electrons. The van der Waals surface area contributed by atoms with Crippen LogP contribution in [0.1, 0.15) is 28.1 Å². The molecule has 3 heterocycles. The topological polar surface area (TPSA) is 89.8 Å². The minimum atomic E-state index is -1.03. The maximum atomic E-state index is 9.62. The van der Waals surface area contributed by atoms with Gasteiger partial charge >= 0.3 is 0 Å². The predicted octanol–water partition coefficient (Wildman–Crippen LogP) is 5.30. The number of nitriles is 1. The molecule has 1 aliphatic rings. The van der Waals surface area contributed by atoms with Gasteiger partial charge in [-0.2, -0.15) is 5.26 Å². The Kier molecular flexibility index (Phi) is 4.85. The second-order valence-electron chi connectivity index (χ2n) is 8.72. The Labute approximate surface area is 207 Å². The zero-order valence-electron chi connectivity index (χ0n) is 18.9. The summed E-state index contributed by atoms with van der Waals surface area (Å²) in [6.07, 6.45) is 3.53. The van der Waals surface area contributed by atoms with Crippen molar-refractivity contribution in [2.75, 3.05) is 0 Å². The van der Waals surface area contributed by atoms with Gasteiger partial charge in [0.05, 0.1) is 23.7 Å². The monoisotopic (exact) mass is 477 g/mol. The van der Waals surface area contributed by atoms with Crippen molar-refractivity contribution in [3.8, 4) is 22.9 Å². The van der Waals surface area contributed by atoms with Gasteiger partial charge in [-0.3, -0.25) is 0 Å². The van der Waals surface area contributed by atoms with Gasteiger partial charge in [0, 0.05) is 23.0 Å². The van der Waals surface area contributed by atoms with Crippen LogP contribution in [0.4, 0.5) is 0 Å². The molecule has 1 atom stereocenters. The zero-order valence-corrected chi connectivity index (χ0v) is 19.6. The summed E-state index contributed by atoms with van der Waals surface area (Å²) in [5.74, 6) is 0.702. The fraction of sp³-hybridized carbons (Fsp3) is 0.107. The number of nitrogens with zero attached hydrogens (tertiary/aromatic N) is 4. The van der Waals surface area contributed by atoms with Crippen LogP contribution in [0.3, 0.4) is 0 Å². The molecule has 0 saturated heterocycles. The van der Waals surface area contributed by atoms with E-state index in [0.29, 0.717) is 22.0 Å². The van der Waals surface area contributed by atoms with E-state index in [0.717, 1.165) is 38.9 Å². The third-order valence-electron chi connectivity index (χ3n) is 6.64. The van der Waals surface area contributed by atoms with E-state index in [1.807, 2.05) is 72.3 Å². The van der Waals surface area contributed by atoms with Gasteiger partial charge in [0.15, 0.2) is 0 Å². The Hall–Kier alpha value is -4.18. The highest BCUT2D eigenvalue weighted by Crippen LogP contribution is 2.39. The molecule has 35 heavy (non-hydrogen) atoms. The standard InChI is InChI=1S/C28H20ClN5O/c1-34-16-32-14-27(34)28(31)19-5-7-25(29)18(9-19)15-35-22-4-2-3-17(10-22)23-12-21(13-30)33-26-8-6-20(28)11-24(23)26/h2-12,14,16H,15,31H2,1H3/t28-/m1/s1. The highest BCUT2D eigenvalue weighted by Gasteiger charge is 2.35. The Bertz CT molecular complexity index is 1670. The van der Waals surface area contributed by atoms with Gasteiger partial charge in [-0.25, -0.2) is 9.97 Å². The summed E-state index contributed by atoms with van der Waals surface area (Å²) in [7, 11) is 1.93. The summed E-state index contributed by atoms with van der Waals surface area (Å²) in [6.45, 7) is 0.282. The summed E-state index contributed by atoms with van der Waals surface area (Å²) in [5.41, 5.74) is 12.5. The van der Waals surface area contributed by atoms with Crippen molar-refractivity contribution < 1.29 is 4.74 Å². The number of pyridine rings is 1. The van der Waals surface area contributed by atoms with Crippen molar-refractivity contribution in [3.63, 3.8) is 0 Å². The minimum Gasteiger partial charge on any atom is -0.489 e. The molecule has 0 radical (unpaired) electrons. The number of aromatic nitrogens is 3. The molecule has 6 bridgehead atoms. The van der Waals surface area contributed by atoms with Gasteiger partial charge in [-0.05, 0) is 64.7 Å². The molecular weight excluding hydrogens is 458 g/mol. The molecule has 0 aliphatic carbocycles. The second-order valence-corrected chi connectivity index (χ2v) is 9.13. The lowest BCUT2D eigenvalue weighted by atomic mass is 9.79. The van der Waals surface area contributed by atoms with Crippen LogP contribution in [0.25, 0.3) is 22.0 Å². The summed E-state index contributed by atoms with van der Waals surface area (Å²) in [6, 6.07) is 23.6. The lowest BCUT2D eigenvalue weighted by Crippen LogP contribution is -2.41. The molecule has 5 aromatic rings. The van der Waals surface area contributed by atoms with E-state index in [9.17, 15) is 5.26 Å². The van der Waals surface area contributed by atoms with E-state index in [-0.39, 0.29) is 6.61 Å². The number of nitrogens with two attached hydrogens (primary N) is 1. The molecule has 7 heteroatoms. The van der Waals surface area contributed by atoms with Gasteiger partial charge in [-0.1, -0.05) is 35.9 Å². The molecular formula is C28H20ClN5O. The quantitative estimate of drug-likeness (QED) is 0.353.